The summed E-state index contributed by atoms with van der Waals surface area (Å²) in [5.74, 6) is -0.304. The molecule has 0 saturated carbocycles. The first-order chi connectivity index (χ1) is 12.7. The summed E-state index contributed by atoms with van der Waals surface area (Å²) in [4.78, 5) is 21.4. The standard InChI is InChI=1S/C17H15F3N4OS2/c1-9-3-4-12(10(2)5-9)23-16-24-14(25)13(27-16)6-11-7-21-15(26-11)22-8-17(18,19)20/h3-7H,8H2,1-2H3,(H,21,22)(H,23,24,25)/b13-6-. The predicted molar refractivity (Wildman–Crippen MR) is 103 cm³/mol. The minimum Gasteiger partial charge on any atom is -0.352 e. The smallest absolute Gasteiger partial charge is 0.352 e. The molecule has 1 saturated heterocycles. The van der Waals surface area contributed by atoms with E-state index in [0.29, 0.717) is 14.9 Å². The van der Waals surface area contributed by atoms with Gasteiger partial charge in [0.1, 0.15) is 6.54 Å². The molecule has 0 atom stereocenters. The van der Waals surface area contributed by atoms with Gasteiger partial charge in [-0.15, -0.1) is 0 Å². The van der Waals surface area contributed by atoms with Crippen molar-refractivity contribution in [3.8, 4) is 0 Å². The van der Waals surface area contributed by atoms with E-state index in [2.05, 4.69) is 20.6 Å². The molecule has 1 aliphatic heterocycles. The van der Waals surface area contributed by atoms with Crippen LogP contribution in [0.1, 0.15) is 16.0 Å². The molecule has 0 unspecified atom stereocenters. The molecule has 3 rings (SSSR count). The van der Waals surface area contributed by atoms with Crippen LogP contribution in [0.5, 0.6) is 0 Å². The maximum Gasteiger partial charge on any atom is 0.405 e. The number of thiazole rings is 1. The summed E-state index contributed by atoms with van der Waals surface area (Å²) >= 11 is 2.22. The van der Waals surface area contributed by atoms with E-state index in [0.717, 1.165) is 28.2 Å². The van der Waals surface area contributed by atoms with E-state index >= 15 is 0 Å². The number of carbonyl (C=O) groups excluding carboxylic acids is 1. The highest BCUT2D eigenvalue weighted by Crippen LogP contribution is 2.31. The maximum atomic E-state index is 12.2. The summed E-state index contributed by atoms with van der Waals surface area (Å²) in [6.45, 7) is 2.78. The van der Waals surface area contributed by atoms with Gasteiger partial charge in [0.15, 0.2) is 10.3 Å². The number of carbonyl (C=O) groups is 1. The number of thioether (sulfide) groups is 1. The third kappa shape index (κ3) is 5.33. The van der Waals surface area contributed by atoms with Gasteiger partial charge in [-0.3, -0.25) is 4.79 Å². The second-order valence-corrected chi connectivity index (χ2v) is 7.90. The molecule has 0 bridgehead atoms. The molecule has 1 amide bonds. The number of hydrogen-bond donors (Lipinski definition) is 2. The maximum absolute atomic E-state index is 12.2. The van der Waals surface area contributed by atoms with Gasteiger partial charge in [0.25, 0.3) is 5.91 Å². The van der Waals surface area contributed by atoms with E-state index in [1.54, 1.807) is 6.08 Å². The van der Waals surface area contributed by atoms with Crippen LogP contribution in [-0.4, -0.2) is 28.8 Å². The van der Waals surface area contributed by atoms with Crippen LogP contribution in [0.2, 0.25) is 0 Å². The number of alkyl halides is 3. The number of hydrogen-bond acceptors (Lipinski definition) is 6. The fraction of sp³-hybridized carbons (Fsp3) is 0.235. The number of anilines is 1. The summed E-state index contributed by atoms with van der Waals surface area (Å²) in [5, 5.41) is 5.51. The van der Waals surface area contributed by atoms with Crippen LogP contribution in [-0.2, 0) is 4.79 Å². The lowest BCUT2D eigenvalue weighted by Gasteiger charge is -2.05. The Hall–Kier alpha value is -2.33. The molecule has 1 aromatic heterocycles. The normalized spacial score (nSPS) is 17.6. The molecule has 142 valence electrons. The highest BCUT2D eigenvalue weighted by Gasteiger charge is 2.27. The van der Waals surface area contributed by atoms with Gasteiger partial charge in [-0.25, -0.2) is 9.98 Å². The van der Waals surface area contributed by atoms with E-state index in [-0.39, 0.29) is 11.0 Å². The van der Waals surface area contributed by atoms with Gasteiger partial charge in [0.05, 0.1) is 15.5 Å². The third-order valence-corrected chi connectivity index (χ3v) is 5.27. The van der Waals surface area contributed by atoms with E-state index < -0.39 is 12.7 Å². The second-order valence-electron chi connectivity index (χ2n) is 5.81. The number of nitrogens with one attached hydrogen (secondary N) is 2. The van der Waals surface area contributed by atoms with Gasteiger partial charge in [-0.05, 0) is 43.3 Å². The number of rotatable bonds is 4. The zero-order valence-electron chi connectivity index (χ0n) is 14.3. The van der Waals surface area contributed by atoms with Crippen LogP contribution in [0.3, 0.4) is 0 Å². The van der Waals surface area contributed by atoms with Gasteiger partial charge in [0.2, 0.25) is 0 Å². The highest BCUT2D eigenvalue weighted by atomic mass is 32.2. The fourth-order valence-corrected chi connectivity index (χ4v) is 3.92. The van der Waals surface area contributed by atoms with Crippen molar-refractivity contribution in [2.75, 3.05) is 11.9 Å². The van der Waals surface area contributed by atoms with Crippen molar-refractivity contribution >= 4 is 51.1 Å². The summed E-state index contributed by atoms with van der Waals surface area (Å²) in [6.07, 6.45) is -1.31. The Kier molecular flexibility index (Phi) is 5.56. The zero-order valence-corrected chi connectivity index (χ0v) is 16.0. The van der Waals surface area contributed by atoms with Crippen molar-refractivity contribution in [3.05, 3.63) is 45.3 Å². The number of aliphatic imine (C=N–C) groups is 1. The van der Waals surface area contributed by atoms with Gasteiger partial charge in [-0.2, -0.15) is 13.2 Å². The second kappa shape index (κ2) is 7.73. The first-order valence-corrected chi connectivity index (χ1v) is 9.46. The fourth-order valence-electron chi connectivity index (χ4n) is 2.26. The first-order valence-electron chi connectivity index (χ1n) is 7.83. The number of halogens is 3. The Balaban J connectivity index is 1.72. The Bertz CT molecular complexity index is 935. The molecular weight excluding hydrogens is 397 g/mol. The lowest BCUT2D eigenvalue weighted by molar-refractivity contribution is -0.116. The van der Waals surface area contributed by atoms with Crippen LogP contribution in [0.15, 0.2) is 34.3 Å². The Labute approximate surface area is 161 Å². The molecule has 0 radical (unpaired) electrons. The Morgan fingerprint density at radius 1 is 1.33 bits per heavy atom. The van der Waals surface area contributed by atoms with E-state index in [9.17, 15) is 18.0 Å². The molecule has 1 aromatic carbocycles. The van der Waals surface area contributed by atoms with Crippen molar-refractivity contribution in [1.82, 2.24) is 10.3 Å². The molecule has 0 spiro atoms. The highest BCUT2D eigenvalue weighted by molar-refractivity contribution is 8.18. The van der Waals surface area contributed by atoms with Crippen LogP contribution < -0.4 is 10.6 Å². The monoisotopic (exact) mass is 412 g/mol. The van der Waals surface area contributed by atoms with Gasteiger partial charge in [0, 0.05) is 6.20 Å². The van der Waals surface area contributed by atoms with Gasteiger partial charge >= 0.3 is 6.18 Å². The molecule has 1 fully saturated rings. The number of benzene rings is 1. The van der Waals surface area contributed by atoms with Crippen LogP contribution >= 0.6 is 23.1 Å². The third-order valence-electron chi connectivity index (χ3n) is 3.46. The number of aromatic nitrogens is 1. The SMILES string of the molecule is Cc1ccc(/N=C2/NC(=O)/C(=C/c3cnc(NCC(F)(F)F)s3)S2)c(C)c1. The Morgan fingerprint density at radius 3 is 2.81 bits per heavy atom. The average Bonchev–Trinajstić information content (AvgIpc) is 3.15. The van der Waals surface area contributed by atoms with E-state index in [1.807, 2.05) is 32.0 Å². The largest absolute Gasteiger partial charge is 0.405 e. The lowest BCUT2D eigenvalue weighted by atomic mass is 10.1. The topological polar surface area (TPSA) is 66.4 Å². The summed E-state index contributed by atoms with van der Waals surface area (Å²) in [7, 11) is 0. The Morgan fingerprint density at radius 2 is 2.11 bits per heavy atom. The average molecular weight is 412 g/mol. The van der Waals surface area contributed by atoms with Crippen LogP contribution in [0, 0.1) is 13.8 Å². The van der Waals surface area contributed by atoms with Crippen molar-refractivity contribution < 1.29 is 18.0 Å². The van der Waals surface area contributed by atoms with E-state index in [1.165, 1.54) is 18.0 Å². The molecule has 2 aromatic rings. The molecule has 2 heterocycles. The van der Waals surface area contributed by atoms with Gasteiger partial charge < -0.3 is 10.6 Å². The summed E-state index contributed by atoms with van der Waals surface area (Å²) in [6, 6.07) is 5.83. The van der Waals surface area contributed by atoms with Gasteiger partial charge in [-0.1, -0.05) is 29.0 Å². The minimum absolute atomic E-state index is 0.145. The van der Waals surface area contributed by atoms with Crippen molar-refractivity contribution in [1.29, 1.82) is 0 Å². The molecule has 2 N–H and O–H groups in total. The molecule has 27 heavy (non-hydrogen) atoms. The van der Waals surface area contributed by atoms with Crippen molar-refractivity contribution in [2.45, 2.75) is 20.0 Å². The minimum atomic E-state index is -4.31. The molecule has 1 aliphatic rings. The van der Waals surface area contributed by atoms with Crippen molar-refractivity contribution in [2.24, 2.45) is 4.99 Å². The molecule has 5 nitrogen and oxygen atoms in total. The number of aryl methyl sites for hydroxylation is 2. The number of nitrogens with zero attached hydrogens (tertiary/aromatic N) is 2. The van der Waals surface area contributed by atoms with Crippen molar-refractivity contribution in [3.63, 3.8) is 0 Å². The quantitative estimate of drug-likeness (QED) is 0.719. The first kappa shape index (κ1) is 19.4. The van der Waals surface area contributed by atoms with Crippen LogP contribution in [0.4, 0.5) is 24.0 Å². The summed E-state index contributed by atoms with van der Waals surface area (Å²) < 4.78 is 36.7. The predicted octanol–water partition coefficient (Wildman–Crippen LogP) is 4.63. The number of amides is 1. The summed E-state index contributed by atoms with van der Waals surface area (Å²) in [5.41, 5.74) is 2.89. The van der Waals surface area contributed by atoms with Crippen LogP contribution in [0.25, 0.3) is 6.08 Å². The van der Waals surface area contributed by atoms with E-state index in [4.69, 9.17) is 0 Å². The molecule has 0 aliphatic carbocycles. The zero-order chi connectivity index (χ0) is 19.6. The number of amidine groups is 1. The lowest BCUT2D eigenvalue weighted by Crippen LogP contribution is -2.21. The molecular formula is C17H15F3N4OS2. The molecule has 10 heteroatoms.